The summed E-state index contributed by atoms with van der Waals surface area (Å²) < 4.78 is 4.84. The number of ether oxygens (including phenoxy) is 1. The van der Waals surface area contributed by atoms with Gasteiger partial charge in [-0.15, -0.1) is 20.4 Å². The quantitative estimate of drug-likeness (QED) is 0.407. The van der Waals surface area contributed by atoms with Crippen molar-refractivity contribution < 1.29 is 4.74 Å². The molecule has 0 atom stereocenters. The molecule has 0 N–H and O–H groups in total. The van der Waals surface area contributed by atoms with Crippen molar-refractivity contribution in [2.24, 2.45) is 0 Å². The highest BCUT2D eigenvalue weighted by molar-refractivity contribution is 6.31. The summed E-state index contributed by atoms with van der Waals surface area (Å²) in [6, 6.07) is 6.64. The van der Waals surface area contributed by atoms with Gasteiger partial charge in [0.15, 0.2) is 15.5 Å². The summed E-state index contributed by atoms with van der Waals surface area (Å²) >= 11 is 16.3. The van der Waals surface area contributed by atoms with Crippen LogP contribution >= 0.6 is 34.8 Å². The third kappa shape index (κ3) is 14.6. The molecule has 0 saturated heterocycles. The van der Waals surface area contributed by atoms with Crippen molar-refractivity contribution in [1.82, 2.24) is 20.4 Å². The number of halogens is 3. The van der Waals surface area contributed by atoms with Gasteiger partial charge in [0.25, 0.3) is 0 Å². The number of allylic oxidation sites excluding steroid dienone is 1. The van der Waals surface area contributed by atoms with E-state index in [1.165, 1.54) is 12.7 Å². The number of unbranched alkanes of at least 4 members (excludes halogenated alkanes) is 1. The Morgan fingerprint density at radius 1 is 1.00 bits per heavy atom. The van der Waals surface area contributed by atoms with E-state index in [1.807, 2.05) is 6.92 Å². The van der Waals surface area contributed by atoms with Crippen LogP contribution < -0.4 is 0 Å². The average molecular weight is 420 g/mol. The molecule has 0 bridgehead atoms. The molecule has 0 saturated carbocycles. The summed E-state index contributed by atoms with van der Waals surface area (Å²) in [5.41, 5.74) is 1.67. The first-order valence-electron chi connectivity index (χ1n) is 7.43. The predicted octanol–water partition coefficient (Wildman–Crippen LogP) is 6.53. The van der Waals surface area contributed by atoms with Gasteiger partial charge >= 0.3 is 0 Å². The van der Waals surface area contributed by atoms with Crippen LogP contribution in [0.2, 0.25) is 15.5 Å². The van der Waals surface area contributed by atoms with Crippen LogP contribution in [0.5, 0.6) is 0 Å². The Labute approximate surface area is 171 Å². The van der Waals surface area contributed by atoms with E-state index in [1.54, 1.807) is 24.3 Å². The second-order valence-corrected chi connectivity index (χ2v) is 5.75. The van der Waals surface area contributed by atoms with Gasteiger partial charge in [0.1, 0.15) is 0 Å². The Morgan fingerprint density at radius 3 is 1.77 bits per heavy atom. The second-order valence-electron chi connectivity index (χ2n) is 4.59. The topological polar surface area (TPSA) is 60.8 Å². The first kappa shape index (κ1) is 26.5. The van der Waals surface area contributed by atoms with E-state index in [0.29, 0.717) is 15.5 Å². The minimum atomic E-state index is 0. The van der Waals surface area contributed by atoms with Crippen molar-refractivity contribution >= 4 is 40.4 Å². The van der Waals surface area contributed by atoms with Crippen LogP contribution in [0.4, 0.5) is 0 Å². The van der Waals surface area contributed by atoms with Crippen molar-refractivity contribution in [2.75, 3.05) is 6.61 Å². The molecule has 0 radical (unpaired) electrons. The maximum absolute atomic E-state index is 5.51. The zero-order valence-electron chi connectivity index (χ0n) is 14.3. The molecule has 0 spiro atoms. The Kier molecular flexibility index (Phi) is 17.1. The van der Waals surface area contributed by atoms with Crippen LogP contribution in [0.3, 0.4) is 0 Å². The number of aromatic nitrogens is 4. The van der Waals surface area contributed by atoms with Gasteiger partial charge in [0.2, 0.25) is 0 Å². The molecule has 2 aromatic rings. The molecule has 8 heteroatoms. The summed E-state index contributed by atoms with van der Waals surface area (Å²) in [4.78, 5) is 0. The normalized spacial score (nSPS) is 8.65. The van der Waals surface area contributed by atoms with Crippen molar-refractivity contribution in [2.45, 2.75) is 34.1 Å². The molecule has 0 aliphatic carbocycles. The molecule has 0 aliphatic rings. The highest BCUT2D eigenvalue weighted by Gasteiger charge is 1.94. The summed E-state index contributed by atoms with van der Waals surface area (Å²) in [5.74, 6) is 0. The molecule has 0 amide bonds. The number of hydrogen-bond donors (Lipinski definition) is 0. The Hall–Kier alpha value is -1.69. The molecule has 0 aliphatic heterocycles. The van der Waals surface area contributed by atoms with Gasteiger partial charge in [-0.3, -0.25) is 0 Å². The first-order valence-corrected chi connectivity index (χ1v) is 8.56. The van der Waals surface area contributed by atoms with Gasteiger partial charge in [-0.1, -0.05) is 68.7 Å². The van der Waals surface area contributed by atoms with Gasteiger partial charge in [-0.2, -0.15) is 0 Å². The molecule has 144 valence electrons. The van der Waals surface area contributed by atoms with E-state index in [2.05, 4.69) is 40.5 Å². The monoisotopic (exact) mass is 418 g/mol. The summed E-state index contributed by atoms with van der Waals surface area (Å²) in [6.45, 7) is 11.9. The van der Waals surface area contributed by atoms with Crippen LogP contribution in [0.15, 0.2) is 43.7 Å². The first-order chi connectivity index (χ1) is 11.9. The molecule has 0 aromatic carbocycles. The lowest BCUT2D eigenvalue weighted by Crippen LogP contribution is -1.87. The maximum atomic E-state index is 5.51. The van der Waals surface area contributed by atoms with Gasteiger partial charge in [-0.25, -0.2) is 0 Å². The van der Waals surface area contributed by atoms with Gasteiger partial charge in [0, 0.05) is 0 Å². The van der Waals surface area contributed by atoms with Crippen molar-refractivity contribution in [3.63, 3.8) is 0 Å². The van der Waals surface area contributed by atoms with Crippen LogP contribution in [0, 0.1) is 0 Å². The van der Waals surface area contributed by atoms with E-state index in [-0.39, 0.29) is 7.43 Å². The zero-order chi connectivity index (χ0) is 19.1. The van der Waals surface area contributed by atoms with Crippen LogP contribution in [0.1, 0.15) is 39.8 Å². The molecule has 5 nitrogen and oxygen atoms in total. The fourth-order valence-corrected chi connectivity index (χ4v) is 1.46. The lowest BCUT2D eigenvalue weighted by atomic mass is 10.2. The van der Waals surface area contributed by atoms with Crippen LogP contribution in [0.25, 0.3) is 5.57 Å². The summed E-state index contributed by atoms with van der Waals surface area (Å²) in [7, 11) is 0. The second kappa shape index (κ2) is 16.8. The molecule has 2 aromatic heterocycles. The molecule has 2 heterocycles. The third-order valence-electron chi connectivity index (χ3n) is 2.40. The number of nitrogens with zero attached hydrogens (tertiary/aromatic N) is 4. The molecular formula is C18H25Cl3N4O. The molecule has 0 fully saturated rings. The summed E-state index contributed by atoms with van der Waals surface area (Å²) in [6.07, 6.45) is 3.80. The fourth-order valence-electron chi connectivity index (χ4n) is 1.15. The van der Waals surface area contributed by atoms with E-state index >= 15 is 0 Å². The van der Waals surface area contributed by atoms with Crippen molar-refractivity contribution in [1.29, 1.82) is 0 Å². The van der Waals surface area contributed by atoms with E-state index < -0.39 is 0 Å². The van der Waals surface area contributed by atoms with E-state index in [9.17, 15) is 0 Å². The fraction of sp³-hybridized carbons (Fsp3) is 0.333. The molecular weight excluding hydrogens is 395 g/mol. The molecule has 26 heavy (non-hydrogen) atoms. The number of rotatable bonds is 5. The van der Waals surface area contributed by atoms with Crippen LogP contribution in [-0.4, -0.2) is 27.0 Å². The van der Waals surface area contributed by atoms with E-state index in [4.69, 9.17) is 39.5 Å². The minimum Gasteiger partial charge on any atom is -0.502 e. The third-order valence-corrected chi connectivity index (χ3v) is 3.01. The predicted molar refractivity (Wildman–Crippen MR) is 112 cm³/mol. The Balaban J connectivity index is 0. The summed E-state index contributed by atoms with van der Waals surface area (Å²) in [5, 5.41) is 15.5. The maximum Gasteiger partial charge on any atom is 0.151 e. The standard InChI is InChI=1S/C7H7ClN2.C6H12O.C4H2Cl2N2.CH4/c1-5(2)6-3-4-7(8)10-9-6;1-3-5-6-7-4-2;5-3-1-2-4(6)8-7-3;/h3-4H,1H2,2H3;4H,2-3,5-6H2,1H3;1-2H;1H4. The molecule has 0 unspecified atom stereocenters. The van der Waals surface area contributed by atoms with Crippen molar-refractivity contribution in [3.05, 3.63) is 64.8 Å². The highest BCUT2D eigenvalue weighted by Crippen LogP contribution is 2.08. The largest absolute Gasteiger partial charge is 0.502 e. The SMILES string of the molecule is C.C=C(C)c1ccc(Cl)nn1.C=COCCCC.Clc1ccc(Cl)nn1. The lowest BCUT2D eigenvalue weighted by Gasteiger charge is -1.94. The smallest absolute Gasteiger partial charge is 0.151 e. The minimum absolute atomic E-state index is 0. The zero-order valence-corrected chi connectivity index (χ0v) is 16.5. The average Bonchev–Trinajstić information content (AvgIpc) is 2.60. The van der Waals surface area contributed by atoms with Crippen molar-refractivity contribution in [3.8, 4) is 0 Å². The van der Waals surface area contributed by atoms with Gasteiger partial charge < -0.3 is 4.74 Å². The number of hydrogen-bond acceptors (Lipinski definition) is 5. The van der Waals surface area contributed by atoms with Crippen LogP contribution in [-0.2, 0) is 4.74 Å². The Bertz CT molecular complexity index is 598. The molecule has 2 rings (SSSR count). The lowest BCUT2D eigenvalue weighted by molar-refractivity contribution is 0.245. The van der Waals surface area contributed by atoms with E-state index in [0.717, 1.165) is 24.3 Å². The van der Waals surface area contributed by atoms with Gasteiger partial charge in [-0.05, 0) is 43.2 Å². The highest BCUT2D eigenvalue weighted by atomic mass is 35.5. The Morgan fingerprint density at radius 2 is 1.46 bits per heavy atom. The van der Waals surface area contributed by atoms with Gasteiger partial charge in [0.05, 0.1) is 18.6 Å².